The summed E-state index contributed by atoms with van der Waals surface area (Å²) in [5.41, 5.74) is 3.87. The molecule has 3 aromatic carbocycles. The Balaban J connectivity index is 1.57. The quantitative estimate of drug-likeness (QED) is 0.238. The van der Waals surface area contributed by atoms with Crippen LogP contribution in [-0.4, -0.2) is 48.4 Å². The van der Waals surface area contributed by atoms with Gasteiger partial charge in [0.2, 0.25) is 10.0 Å². The van der Waals surface area contributed by atoms with E-state index in [2.05, 4.69) is 4.98 Å². The van der Waals surface area contributed by atoms with E-state index in [-0.39, 0.29) is 23.5 Å². The highest BCUT2D eigenvalue weighted by Crippen LogP contribution is 2.46. The molecule has 1 N–H and O–H groups in total. The van der Waals surface area contributed by atoms with Gasteiger partial charge in [-0.2, -0.15) is 4.31 Å². The number of rotatable bonds is 7. The lowest BCUT2D eigenvalue weighted by molar-refractivity contribution is 0.0692. The van der Waals surface area contributed by atoms with Gasteiger partial charge in [-0.1, -0.05) is 43.5 Å². The summed E-state index contributed by atoms with van der Waals surface area (Å²) in [7, 11) is -2.35. The highest BCUT2D eigenvalue weighted by Gasteiger charge is 2.41. The predicted octanol–water partition coefficient (Wildman–Crippen LogP) is 6.95. The Morgan fingerprint density at radius 2 is 1.86 bits per heavy atom. The third kappa shape index (κ3) is 5.76. The summed E-state index contributed by atoms with van der Waals surface area (Å²) < 4.78 is 51.0. The van der Waals surface area contributed by atoms with Crippen molar-refractivity contribution < 1.29 is 27.4 Å². The highest BCUT2D eigenvalue weighted by molar-refractivity contribution is 7.89. The van der Waals surface area contributed by atoms with Crippen molar-refractivity contribution in [1.82, 2.24) is 9.29 Å². The molecule has 0 radical (unpaired) electrons. The lowest BCUT2D eigenvalue weighted by Gasteiger charge is -2.36. The molecule has 1 aliphatic carbocycles. The second-order valence-corrected chi connectivity index (χ2v) is 13.7. The topological polar surface area (TPSA) is 100 Å². The van der Waals surface area contributed by atoms with E-state index in [1.165, 1.54) is 33.8 Å². The van der Waals surface area contributed by atoms with Crippen LogP contribution in [0.2, 0.25) is 0 Å². The number of carboxylic acids is 1. The summed E-state index contributed by atoms with van der Waals surface area (Å²) in [6.45, 7) is 0.576. The molecule has 1 aromatic heterocycles. The van der Waals surface area contributed by atoms with E-state index in [4.69, 9.17) is 4.74 Å². The van der Waals surface area contributed by atoms with E-state index in [1.54, 1.807) is 18.6 Å². The number of nitrogens with zero attached hydrogens (tertiary/aromatic N) is 3. The number of thiazole rings is 1. The maximum absolute atomic E-state index is 14.4. The SMILES string of the molecule is CN1[C@H](C2CCCCC2)CN(c2ccccc2)c2cc(OCc3cscn3)c(-c3ccc(F)c(C(=O)O)c3)cc2S1(=O)=O. The first-order chi connectivity index (χ1) is 20.7. The van der Waals surface area contributed by atoms with Crippen molar-refractivity contribution in [2.45, 2.75) is 49.6 Å². The molecule has 6 rings (SSSR count). The normalized spacial score (nSPS) is 19.0. The van der Waals surface area contributed by atoms with Crippen LogP contribution >= 0.6 is 11.3 Å². The fraction of sp³-hybridized carbons (Fsp3) is 0.312. The number of likely N-dealkylation sites (N-methyl/N-ethyl adjacent to an activating group) is 1. The van der Waals surface area contributed by atoms with E-state index in [9.17, 15) is 22.7 Å². The molecule has 0 spiro atoms. The van der Waals surface area contributed by atoms with Crippen LogP contribution in [0.15, 0.2) is 76.4 Å². The van der Waals surface area contributed by atoms with Gasteiger partial charge in [0.05, 0.1) is 22.5 Å². The Kier molecular flexibility index (Phi) is 8.21. The first kappa shape index (κ1) is 29.3. The maximum atomic E-state index is 14.4. The average molecular weight is 622 g/mol. The van der Waals surface area contributed by atoms with Gasteiger partial charge in [0.15, 0.2) is 0 Å². The molecule has 8 nitrogen and oxygen atoms in total. The van der Waals surface area contributed by atoms with E-state index >= 15 is 0 Å². The number of aromatic carboxylic acids is 1. The lowest BCUT2D eigenvalue weighted by atomic mass is 9.83. The second kappa shape index (κ2) is 12.1. The standard InChI is InChI=1S/C32H32FN3O5S2/c1-35-29(21-8-4-2-5-9-21)17-36(24-10-6-3-7-11-24)28-16-30(41-18-23-19-42-20-34-23)25(15-31(28)43(35,39)40)22-12-13-27(33)26(14-22)32(37)38/h3,6-7,10-16,19-21,29H,2,4-5,8-9,17-18H2,1H3,(H,37,38)/t29-/m0/s1. The zero-order chi connectivity index (χ0) is 30.1. The molecule has 0 bridgehead atoms. The minimum atomic E-state index is -4.00. The molecular weight excluding hydrogens is 590 g/mol. The molecule has 1 fully saturated rings. The number of halogens is 1. The van der Waals surface area contributed by atoms with Crippen molar-refractivity contribution in [3.63, 3.8) is 0 Å². The molecule has 1 aliphatic heterocycles. The van der Waals surface area contributed by atoms with Crippen molar-refractivity contribution in [1.29, 1.82) is 0 Å². The number of benzene rings is 3. The van der Waals surface area contributed by atoms with Crippen molar-refractivity contribution in [2.75, 3.05) is 18.5 Å². The molecule has 11 heteroatoms. The van der Waals surface area contributed by atoms with Gasteiger partial charge in [-0.25, -0.2) is 22.6 Å². The molecule has 4 aromatic rings. The summed E-state index contributed by atoms with van der Waals surface area (Å²) >= 11 is 1.43. The average Bonchev–Trinajstić information content (AvgIpc) is 3.52. The number of carbonyl (C=O) groups is 1. The van der Waals surface area contributed by atoms with Gasteiger partial charge in [-0.15, -0.1) is 11.3 Å². The molecule has 1 saturated carbocycles. The van der Waals surface area contributed by atoms with Gasteiger partial charge in [0, 0.05) is 42.3 Å². The smallest absolute Gasteiger partial charge is 0.338 e. The Morgan fingerprint density at radius 1 is 1.09 bits per heavy atom. The van der Waals surface area contributed by atoms with Crippen LogP contribution in [0.3, 0.4) is 0 Å². The van der Waals surface area contributed by atoms with Gasteiger partial charge < -0.3 is 14.7 Å². The van der Waals surface area contributed by atoms with Crippen molar-refractivity contribution in [3.05, 3.63) is 88.6 Å². The van der Waals surface area contributed by atoms with Crippen LogP contribution in [0.25, 0.3) is 11.1 Å². The minimum absolute atomic E-state index is 0.0781. The van der Waals surface area contributed by atoms with E-state index in [0.717, 1.165) is 43.9 Å². The molecule has 0 saturated heterocycles. The summed E-state index contributed by atoms with van der Waals surface area (Å²) in [5.74, 6) is -1.75. The third-order valence-electron chi connectivity index (χ3n) is 8.47. The number of carboxylic acid groups (broad SMARTS) is 1. The highest BCUT2D eigenvalue weighted by atomic mass is 32.2. The van der Waals surface area contributed by atoms with Crippen molar-refractivity contribution >= 4 is 38.7 Å². The fourth-order valence-corrected chi connectivity index (χ4v) is 8.33. The largest absolute Gasteiger partial charge is 0.487 e. The maximum Gasteiger partial charge on any atom is 0.338 e. The number of aromatic nitrogens is 1. The Labute approximate surface area is 254 Å². The third-order valence-corrected chi connectivity index (χ3v) is 11.0. The van der Waals surface area contributed by atoms with Gasteiger partial charge >= 0.3 is 5.97 Å². The summed E-state index contributed by atoms with van der Waals surface area (Å²) in [5, 5.41) is 11.5. The first-order valence-electron chi connectivity index (χ1n) is 14.3. The lowest BCUT2D eigenvalue weighted by Crippen LogP contribution is -2.46. The van der Waals surface area contributed by atoms with Gasteiger partial charge in [0.1, 0.15) is 23.1 Å². The first-order valence-corrected chi connectivity index (χ1v) is 16.6. The molecule has 2 heterocycles. The van der Waals surface area contributed by atoms with Crippen LogP contribution < -0.4 is 9.64 Å². The molecular formula is C32H32FN3O5S2. The molecule has 2 aliphatic rings. The van der Waals surface area contributed by atoms with E-state index in [1.807, 2.05) is 40.6 Å². The zero-order valence-electron chi connectivity index (χ0n) is 23.6. The van der Waals surface area contributed by atoms with Crippen molar-refractivity contribution in [2.24, 2.45) is 5.92 Å². The summed E-state index contributed by atoms with van der Waals surface area (Å²) in [4.78, 5) is 18.2. The molecule has 224 valence electrons. The summed E-state index contributed by atoms with van der Waals surface area (Å²) in [6.07, 6.45) is 5.22. The Hall–Kier alpha value is -3.80. The van der Waals surface area contributed by atoms with Crippen LogP contribution in [0.5, 0.6) is 5.75 Å². The molecule has 43 heavy (non-hydrogen) atoms. The van der Waals surface area contributed by atoms with E-state index < -0.39 is 27.4 Å². The number of fused-ring (bicyclic) bond motifs is 1. The summed E-state index contributed by atoms with van der Waals surface area (Å²) in [6, 6.07) is 16.4. The van der Waals surface area contributed by atoms with Crippen LogP contribution in [0, 0.1) is 11.7 Å². The molecule has 1 atom stereocenters. The number of anilines is 2. The van der Waals surface area contributed by atoms with Crippen LogP contribution in [0.4, 0.5) is 15.8 Å². The van der Waals surface area contributed by atoms with Gasteiger partial charge in [-0.3, -0.25) is 0 Å². The number of ether oxygens (including phenoxy) is 1. The Bertz CT molecular complexity index is 1730. The van der Waals surface area contributed by atoms with Crippen LogP contribution in [0.1, 0.15) is 48.2 Å². The molecule has 0 unspecified atom stereocenters. The monoisotopic (exact) mass is 621 g/mol. The predicted molar refractivity (Wildman–Crippen MR) is 164 cm³/mol. The van der Waals surface area contributed by atoms with Crippen LogP contribution in [-0.2, 0) is 16.6 Å². The number of hydrogen-bond acceptors (Lipinski definition) is 7. The fourth-order valence-electron chi connectivity index (χ4n) is 6.18. The molecule has 0 amide bonds. The number of para-hydroxylation sites is 1. The Morgan fingerprint density at radius 3 is 2.56 bits per heavy atom. The zero-order valence-corrected chi connectivity index (χ0v) is 25.3. The second-order valence-electron chi connectivity index (χ2n) is 11.0. The van der Waals surface area contributed by atoms with Gasteiger partial charge in [-0.05, 0) is 54.7 Å². The number of sulfonamides is 1. The van der Waals surface area contributed by atoms with E-state index in [0.29, 0.717) is 34.8 Å². The minimum Gasteiger partial charge on any atom is -0.487 e. The van der Waals surface area contributed by atoms with Crippen molar-refractivity contribution in [3.8, 4) is 16.9 Å². The number of hydrogen-bond donors (Lipinski definition) is 1. The van der Waals surface area contributed by atoms with Gasteiger partial charge in [0.25, 0.3) is 0 Å².